The fraction of sp³-hybridized carbons (Fsp3) is 0.647. The van der Waals surface area contributed by atoms with Gasteiger partial charge in [-0.1, -0.05) is 12.1 Å². The van der Waals surface area contributed by atoms with Crippen LogP contribution >= 0.6 is 0 Å². The van der Waals surface area contributed by atoms with E-state index in [-0.39, 0.29) is 6.04 Å². The van der Waals surface area contributed by atoms with Crippen molar-refractivity contribution in [3.8, 4) is 5.75 Å². The van der Waals surface area contributed by atoms with E-state index in [2.05, 4.69) is 36.9 Å². The lowest BCUT2D eigenvalue weighted by molar-refractivity contribution is 0.149. The SMILES string of the molecule is CCOc1cccc(C(CN)N(CC2CC2)C(C)C)c1. The van der Waals surface area contributed by atoms with Crippen molar-refractivity contribution in [2.45, 2.75) is 45.7 Å². The van der Waals surface area contributed by atoms with Gasteiger partial charge in [0.15, 0.2) is 0 Å². The predicted molar refractivity (Wildman–Crippen MR) is 84.0 cm³/mol. The molecule has 0 aliphatic heterocycles. The second-order valence-corrected chi connectivity index (χ2v) is 5.99. The Hall–Kier alpha value is -1.06. The summed E-state index contributed by atoms with van der Waals surface area (Å²) in [6, 6.07) is 9.20. The maximum atomic E-state index is 6.08. The molecule has 0 saturated heterocycles. The Balaban J connectivity index is 2.17. The Morgan fingerprint density at radius 3 is 2.65 bits per heavy atom. The Bertz CT molecular complexity index is 415. The quantitative estimate of drug-likeness (QED) is 0.792. The van der Waals surface area contributed by atoms with Crippen molar-refractivity contribution >= 4 is 0 Å². The van der Waals surface area contributed by atoms with Crippen molar-refractivity contribution in [1.82, 2.24) is 4.90 Å². The summed E-state index contributed by atoms with van der Waals surface area (Å²) in [5.74, 6) is 1.82. The van der Waals surface area contributed by atoms with Gasteiger partial charge >= 0.3 is 0 Å². The second-order valence-electron chi connectivity index (χ2n) is 5.99. The summed E-state index contributed by atoms with van der Waals surface area (Å²) in [6.07, 6.45) is 2.75. The van der Waals surface area contributed by atoms with Crippen LogP contribution in [-0.4, -0.2) is 30.6 Å². The highest BCUT2D eigenvalue weighted by atomic mass is 16.5. The summed E-state index contributed by atoms with van der Waals surface area (Å²) >= 11 is 0. The number of nitrogens with zero attached hydrogens (tertiary/aromatic N) is 1. The van der Waals surface area contributed by atoms with E-state index in [1.54, 1.807) is 0 Å². The molecule has 0 amide bonds. The molecule has 0 spiro atoms. The molecule has 1 atom stereocenters. The summed E-state index contributed by atoms with van der Waals surface area (Å²) in [4.78, 5) is 2.54. The molecule has 1 fully saturated rings. The van der Waals surface area contributed by atoms with Crippen LogP contribution in [0.25, 0.3) is 0 Å². The first-order chi connectivity index (χ1) is 9.65. The molecule has 1 aromatic carbocycles. The summed E-state index contributed by atoms with van der Waals surface area (Å²) < 4.78 is 5.62. The van der Waals surface area contributed by atoms with E-state index in [0.29, 0.717) is 19.2 Å². The van der Waals surface area contributed by atoms with Crippen LogP contribution in [0.3, 0.4) is 0 Å². The number of rotatable bonds is 8. The Morgan fingerprint density at radius 1 is 1.35 bits per heavy atom. The maximum absolute atomic E-state index is 6.08. The molecule has 1 saturated carbocycles. The molecule has 1 unspecified atom stereocenters. The molecular formula is C17H28N2O. The first-order valence-corrected chi connectivity index (χ1v) is 7.84. The van der Waals surface area contributed by atoms with Gasteiger partial charge in [-0.25, -0.2) is 0 Å². The number of nitrogens with two attached hydrogens (primary N) is 1. The van der Waals surface area contributed by atoms with Gasteiger partial charge in [0, 0.05) is 25.2 Å². The zero-order chi connectivity index (χ0) is 14.5. The third kappa shape index (κ3) is 3.97. The zero-order valence-corrected chi connectivity index (χ0v) is 13.0. The van der Waals surface area contributed by atoms with Gasteiger partial charge in [0.25, 0.3) is 0 Å². The van der Waals surface area contributed by atoms with E-state index < -0.39 is 0 Å². The third-order valence-corrected chi connectivity index (χ3v) is 4.01. The van der Waals surface area contributed by atoms with E-state index in [9.17, 15) is 0 Å². The zero-order valence-electron chi connectivity index (χ0n) is 13.0. The van der Waals surface area contributed by atoms with Gasteiger partial charge in [-0.15, -0.1) is 0 Å². The smallest absolute Gasteiger partial charge is 0.119 e. The highest BCUT2D eigenvalue weighted by molar-refractivity contribution is 5.31. The van der Waals surface area contributed by atoms with Gasteiger partial charge in [-0.05, 0) is 57.2 Å². The fourth-order valence-electron chi connectivity index (χ4n) is 2.74. The summed E-state index contributed by atoms with van der Waals surface area (Å²) in [5.41, 5.74) is 7.35. The summed E-state index contributed by atoms with van der Waals surface area (Å²) in [7, 11) is 0. The van der Waals surface area contributed by atoms with Crippen LogP contribution in [0.1, 0.15) is 45.2 Å². The number of benzene rings is 1. The average molecular weight is 276 g/mol. The van der Waals surface area contributed by atoms with Crippen molar-refractivity contribution in [1.29, 1.82) is 0 Å². The van der Waals surface area contributed by atoms with Crippen LogP contribution in [0.5, 0.6) is 5.75 Å². The molecule has 3 heteroatoms. The molecule has 0 heterocycles. The minimum atomic E-state index is 0.288. The normalized spacial score (nSPS) is 16.7. The molecular weight excluding hydrogens is 248 g/mol. The largest absolute Gasteiger partial charge is 0.494 e. The van der Waals surface area contributed by atoms with Crippen LogP contribution < -0.4 is 10.5 Å². The summed E-state index contributed by atoms with van der Waals surface area (Å²) in [6.45, 7) is 9.06. The first-order valence-electron chi connectivity index (χ1n) is 7.84. The van der Waals surface area contributed by atoms with E-state index in [1.165, 1.54) is 24.9 Å². The molecule has 2 rings (SSSR count). The van der Waals surface area contributed by atoms with E-state index in [1.807, 2.05) is 13.0 Å². The van der Waals surface area contributed by atoms with Crippen molar-refractivity contribution in [2.24, 2.45) is 11.7 Å². The number of hydrogen-bond donors (Lipinski definition) is 1. The summed E-state index contributed by atoms with van der Waals surface area (Å²) in [5, 5.41) is 0. The Morgan fingerprint density at radius 2 is 2.10 bits per heavy atom. The van der Waals surface area contributed by atoms with Crippen LogP contribution in [0.4, 0.5) is 0 Å². The van der Waals surface area contributed by atoms with Crippen molar-refractivity contribution in [2.75, 3.05) is 19.7 Å². The third-order valence-electron chi connectivity index (χ3n) is 4.01. The molecule has 0 radical (unpaired) electrons. The fourth-order valence-corrected chi connectivity index (χ4v) is 2.74. The van der Waals surface area contributed by atoms with E-state index in [0.717, 1.165) is 11.7 Å². The Labute approximate surface area is 123 Å². The monoisotopic (exact) mass is 276 g/mol. The molecule has 1 aliphatic carbocycles. The van der Waals surface area contributed by atoms with Gasteiger partial charge in [-0.3, -0.25) is 4.90 Å². The maximum Gasteiger partial charge on any atom is 0.119 e. The number of hydrogen-bond acceptors (Lipinski definition) is 3. The lowest BCUT2D eigenvalue weighted by atomic mass is 10.0. The van der Waals surface area contributed by atoms with Crippen LogP contribution in [0, 0.1) is 5.92 Å². The standard InChI is InChI=1S/C17H28N2O/c1-4-20-16-7-5-6-15(10-16)17(11-18)19(13(2)3)12-14-8-9-14/h5-7,10,13-14,17H,4,8-9,11-12,18H2,1-3H3. The average Bonchev–Trinajstić information content (AvgIpc) is 3.23. The molecule has 112 valence electrons. The molecule has 0 bridgehead atoms. The van der Waals surface area contributed by atoms with Crippen LogP contribution in [-0.2, 0) is 0 Å². The van der Waals surface area contributed by atoms with Gasteiger partial charge in [0.2, 0.25) is 0 Å². The second kappa shape index (κ2) is 7.09. The molecule has 1 aromatic rings. The van der Waals surface area contributed by atoms with E-state index >= 15 is 0 Å². The van der Waals surface area contributed by atoms with Crippen molar-refractivity contribution in [3.63, 3.8) is 0 Å². The van der Waals surface area contributed by atoms with Crippen LogP contribution in [0.2, 0.25) is 0 Å². The van der Waals surface area contributed by atoms with Crippen molar-refractivity contribution in [3.05, 3.63) is 29.8 Å². The highest BCUT2D eigenvalue weighted by Gasteiger charge is 2.29. The van der Waals surface area contributed by atoms with Gasteiger partial charge < -0.3 is 10.5 Å². The number of ether oxygens (including phenoxy) is 1. The Kier molecular flexibility index (Phi) is 5.44. The first kappa shape index (κ1) is 15.3. The highest BCUT2D eigenvalue weighted by Crippen LogP contribution is 2.34. The van der Waals surface area contributed by atoms with Gasteiger partial charge in [0.1, 0.15) is 5.75 Å². The van der Waals surface area contributed by atoms with Crippen LogP contribution in [0.15, 0.2) is 24.3 Å². The minimum absolute atomic E-state index is 0.288. The van der Waals surface area contributed by atoms with Crippen molar-refractivity contribution < 1.29 is 4.74 Å². The minimum Gasteiger partial charge on any atom is -0.494 e. The van der Waals surface area contributed by atoms with E-state index in [4.69, 9.17) is 10.5 Å². The molecule has 0 aromatic heterocycles. The van der Waals surface area contributed by atoms with Gasteiger partial charge in [-0.2, -0.15) is 0 Å². The van der Waals surface area contributed by atoms with Gasteiger partial charge in [0.05, 0.1) is 6.61 Å². The molecule has 2 N–H and O–H groups in total. The topological polar surface area (TPSA) is 38.5 Å². The molecule has 1 aliphatic rings. The lowest BCUT2D eigenvalue weighted by Gasteiger charge is -2.35. The molecule has 20 heavy (non-hydrogen) atoms. The molecule has 3 nitrogen and oxygen atoms in total. The predicted octanol–water partition coefficient (Wildman–Crippen LogP) is 3.21. The lowest BCUT2D eigenvalue weighted by Crippen LogP contribution is -2.40.